The molecule has 1 aromatic heterocycles. The van der Waals surface area contributed by atoms with Gasteiger partial charge < -0.3 is 19.5 Å². The van der Waals surface area contributed by atoms with Crippen LogP contribution in [0.2, 0.25) is 0 Å². The van der Waals surface area contributed by atoms with Gasteiger partial charge in [-0.2, -0.15) is 0 Å². The number of rotatable bonds is 7. The fraction of sp³-hybridized carbons (Fsp3) is 0.467. The molecule has 4 aliphatic rings. The molecule has 1 saturated carbocycles. The average Bonchev–Trinajstić information content (AvgIpc) is 3.21. The molecular weight excluding hydrogens is 498 g/mol. The second kappa shape index (κ2) is 9.07. The van der Waals surface area contributed by atoms with E-state index in [-0.39, 0.29) is 5.92 Å². The molecule has 0 bridgehead atoms. The molecule has 8 heteroatoms. The van der Waals surface area contributed by atoms with Crippen molar-refractivity contribution in [2.45, 2.75) is 45.9 Å². The van der Waals surface area contributed by atoms with Crippen LogP contribution < -0.4 is 9.64 Å². The van der Waals surface area contributed by atoms with Crippen LogP contribution in [0.5, 0.6) is 5.75 Å². The second-order valence-electron chi connectivity index (χ2n) is 11.4. The number of fused-ring (bicyclic) bond motifs is 2. The molecule has 3 fully saturated rings. The van der Waals surface area contributed by atoms with Gasteiger partial charge in [0.2, 0.25) is 0 Å². The van der Waals surface area contributed by atoms with Gasteiger partial charge in [0.1, 0.15) is 12.4 Å². The van der Waals surface area contributed by atoms with Crippen LogP contribution in [0.25, 0.3) is 11.3 Å². The Hall–Kier alpha value is -2.94. The Bertz CT molecular complexity index is 1420. The van der Waals surface area contributed by atoms with Gasteiger partial charge in [-0.3, -0.25) is 9.69 Å². The monoisotopic (exact) mass is 531 g/mol. The summed E-state index contributed by atoms with van der Waals surface area (Å²) in [6.07, 6.45) is 1.87. The number of carbonyl (C=O) groups is 1. The highest BCUT2D eigenvalue weighted by atomic mass is 32.1. The molecule has 0 spiro atoms. The van der Waals surface area contributed by atoms with Gasteiger partial charge in [-0.15, -0.1) is 11.3 Å². The van der Waals surface area contributed by atoms with E-state index in [0.29, 0.717) is 19.2 Å². The van der Waals surface area contributed by atoms with Crippen molar-refractivity contribution in [3.8, 4) is 17.0 Å². The lowest BCUT2D eigenvalue weighted by Crippen LogP contribution is -2.50. The lowest BCUT2D eigenvalue weighted by Gasteiger charge is -2.40. The fourth-order valence-electron chi connectivity index (χ4n) is 6.50. The first-order valence-electron chi connectivity index (χ1n) is 13.5. The predicted octanol–water partition coefficient (Wildman–Crippen LogP) is 4.67. The predicted molar refractivity (Wildman–Crippen MR) is 147 cm³/mol. The molecular formula is C30H33N3O4S. The van der Waals surface area contributed by atoms with E-state index in [1.807, 2.05) is 6.07 Å². The molecule has 2 atom stereocenters. The third-order valence-electron chi connectivity index (χ3n) is 9.16. The number of benzene rings is 2. The van der Waals surface area contributed by atoms with E-state index >= 15 is 0 Å². The molecule has 0 amide bonds. The van der Waals surface area contributed by atoms with Gasteiger partial charge in [0.25, 0.3) is 0 Å². The quantitative estimate of drug-likeness (QED) is 0.475. The average molecular weight is 532 g/mol. The molecule has 1 N–H and O–H groups in total. The molecule has 0 unspecified atom stereocenters. The second-order valence-corrected chi connectivity index (χ2v) is 12.2. The number of aromatic nitrogens is 1. The number of carboxylic acids is 1. The SMILES string of the molecule is Cc1cccc(-c2csc(N3C[C@@H]4C[C@]4(C(=O)O)C3)n2)c1OCc1ccc2c(c1C)CCN(C1COC1)C2. The number of aryl methyl sites for hydroxylation is 1. The highest BCUT2D eigenvalue weighted by molar-refractivity contribution is 7.14. The van der Waals surface area contributed by atoms with Crippen LogP contribution in [0.1, 0.15) is 34.2 Å². The lowest BCUT2D eigenvalue weighted by atomic mass is 9.91. The van der Waals surface area contributed by atoms with Crippen LogP contribution in [0.15, 0.2) is 35.7 Å². The zero-order valence-corrected chi connectivity index (χ0v) is 22.7. The van der Waals surface area contributed by atoms with Gasteiger partial charge in [0.05, 0.1) is 30.4 Å². The lowest BCUT2D eigenvalue weighted by molar-refractivity contribution is -0.143. The summed E-state index contributed by atoms with van der Waals surface area (Å²) in [5.74, 6) is 0.447. The topological polar surface area (TPSA) is 75.1 Å². The Morgan fingerprint density at radius 3 is 2.89 bits per heavy atom. The zero-order chi connectivity index (χ0) is 26.0. The summed E-state index contributed by atoms with van der Waals surface area (Å²) in [6, 6.07) is 11.3. The summed E-state index contributed by atoms with van der Waals surface area (Å²) in [6.45, 7) is 9.98. The molecule has 3 aromatic rings. The number of hydrogen-bond acceptors (Lipinski definition) is 7. The molecule has 0 radical (unpaired) electrons. The highest BCUT2D eigenvalue weighted by Crippen LogP contribution is 2.58. The number of piperidine rings is 1. The van der Waals surface area contributed by atoms with Crippen molar-refractivity contribution in [1.29, 1.82) is 0 Å². The van der Waals surface area contributed by atoms with Gasteiger partial charge in [-0.25, -0.2) is 4.98 Å². The number of para-hydroxylation sites is 1. The van der Waals surface area contributed by atoms with Crippen LogP contribution in [-0.4, -0.2) is 59.8 Å². The van der Waals surface area contributed by atoms with Crippen LogP contribution in [0.3, 0.4) is 0 Å². The zero-order valence-electron chi connectivity index (χ0n) is 21.9. The van der Waals surface area contributed by atoms with Gasteiger partial charge >= 0.3 is 5.97 Å². The Morgan fingerprint density at radius 1 is 1.26 bits per heavy atom. The van der Waals surface area contributed by atoms with Gasteiger partial charge in [-0.05, 0) is 66.5 Å². The Morgan fingerprint density at radius 2 is 2.13 bits per heavy atom. The minimum absolute atomic E-state index is 0.250. The largest absolute Gasteiger partial charge is 0.488 e. The maximum Gasteiger partial charge on any atom is 0.311 e. The third-order valence-corrected chi connectivity index (χ3v) is 10.1. The van der Waals surface area contributed by atoms with E-state index in [4.69, 9.17) is 14.5 Å². The molecule has 3 aliphatic heterocycles. The smallest absolute Gasteiger partial charge is 0.311 e. The molecule has 2 aromatic carbocycles. The molecule has 1 aliphatic carbocycles. The van der Waals surface area contributed by atoms with Gasteiger partial charge in [0.15, 0.2) is 5.13 Å². The number of thiazole rings is 1. The van der Waals surface area contributed by atoms with E-state index < -0.39 is 11.4 Å². The van der Waals surface area contributed by atoms with E-state index in [1.54, 1.807) is 11.3 Å². The summed E-state index contributed by atoms with van der Waals surface area (Å²) < 4.78 is 11.9. The number of nitrogens with zero attached hydrogens (tertiary/aromatic N) is 3. The summed E-state index contributed by atoms with van der Waals surface area (Å²) in [7, 11) is 0. The summed E-state index contributed by atoms with van der Waals surface area (Å²) in [5.41, 5.74) is 7.87. The van der Waals surface area contributed by atoms with Crippen LogP contribution in [-0.2, 0) is 29.1 Å². The Kier molecular flexibility index (Phi) is 5.76. The molecule has 198 valence electrons. The van der Waals surface area contributed by atoms with Crippen molar-refractivity contribution >= 4 is 22.4 Å². The third kappa shape index (κ3) is 3.92. The van der Waals surface area contributed by atoms with Crippen LogP contribution in [0.4, 0.5) is 5.13 Å². The van der Waals surface area contributed by atoms with Crippen molar-refractivity contribution in [3.05, 3.63) is 63.5 Å². The number of aliphatic carboxylic acids is 1. The minimum Gasteiger partial charge on any atom is -0.488 e. The van der Waals surface area contributed by atoms with E-state index in [9.17, 15) is 9.90 Å². The highest BCUT2D eigenvalue weighted by Gasteiger charge is 2.65. The first-order chi connectivity index (χ1) is 18.4. The Labute approximate surface area is 227 Å². The molecule has 2 saturated heterocycles. The minimum atomic E-state index is -0.668. The standard InChI is InChI=1S/C30H33N3O4S/c1-18-4-3-5-25(26-16-38-29(31-26)33-12-22-10-30(22,17-33)28(34)35)27(18)37-13-21-7-6-20-11-32(23-14-36-15-23)9-8-24(20)19(21)2/h3-7,16,22-23H,8-15,17H2,1-2H3,(H,34,35)/t22-,30-/m0/s1. The molecule has 4 heterocycles. The summed E-state index contributed by atoms with van der Waals surface area (Å²) >= 11 is 1.58. The van der Waals surface area contributed by atoms with Crippen molar-refractivity contribution in [3.63, 3.8) is 0 Å². The number of ether oxygens (including phenoxy) is 2. The normalized spacial score (nSPS) is 24.6. The van der Waals surface area contributed by atoms with Crippen LogP contribution >= 0.6 is 11.3 Å². The first-order valence-corrected chi connectivity index (χ1v) is 14.4. The summed E-state index contributed by atoms with van der Waals surface area (Å²) in [5, 5.41) is 12.6. The van der Waals surface area contributed by atoms with Gasteiger partial charge in [-0.1, -0.05) is 24.3 Å². The number of anilines is 1. The summed E-state index contributed by atoms with van der Waals surface area (Å²) in [4.78, 5) is 21.4. The van der Waals surface area contributed by atoms with Crippen molar-refractivity contribution in [2.75, 3.05) is 37.7 Å². The van der Waals surface area contributed by atoms with E-state index in [0.717, 1.165) is 73.4 Å². The number of hydrogen-bond donors (Lipinski definition) is 1. The Balaban J connectivity index is 1.09. The fourth-order valence-corrected chi connectivity index (χ4v) is 7.34. The first kappa shape index (κ1) is 24.1. The van der Waals surface area contributed by atoms with Crippen molar-refractivity contribution < 1.29 is 19.4 Å². The van der Waals surface area contributed by atoms with Gasteiger partial charge in [0, 0.05) is 37.1 Å². The van der Waals surface area contributed by atoms with Crippen LogP contribution in [0, 0.1) is 25.2 Å². The maximum absolute atomic E-state index is 11.7. The van der Waals surface area contributed by atoms with Crippen molar-refractivity contribution in [1.82, 2.24) is 9.88 Å². The molecule has 38 heavy (non-hydrogen) atoms. The maximum atomic E-state index is 11.7. The molecule has 7 nitrogen and oxygen atoms in total. The molecule has 7 rings (SSSR count). The van der Waals surface area contributed by atoms with Crippen molar-refractivity contribution in [2.24, 2.45) is 11.3 Å². The van der Waals surface area contributed by atoms with E-state index in [2.05, 4.69) is 53.3 Å². The number of carboxylic acid groups (broad SMARTS) is 1. The van der Waals surface area contributed by atoms with E-state index in [1.165, 1.54) is 22.3 Å².